The van der Waals surface area contributed by atoms with Crippen molar-refractivity contribution in [2.24, 2.45) is 11.3 Å². The van der Waals surface area contributed by atoms with Gasteiger partial charge in [-0.15, -0.1) is 0 Å². The summed E-state index contributed by atoms with van der Waals surface area (Å²) in [6.45, 7) is 2.74. The zero-order valence-corrected chi connectivity index (χ0v) is 10.2. The lowest BCUT2D eigenvalue weighted by molar-refractivity contribution is -0.134. The molecule has 2 fully saturated rings. The van der Waals surface area contributed by atoms with E-state index in [0.29, 0.717) is 5.92 Å². The SMILES string of the molecule is COCC(=O)N1C[C@H]2CCC[C@@]2(COC)C1. The van der Waals surface area contributed by atoms with Gasteiger partial charge in [0.05, 0.1) is 6.61 Å². The van der Waals surface area contributed by atoms with Crippen LogP contribution in [0, 0.1) is 11.3 Å². The number of likely N-dealkylation sites (tertiary alicyclic amines) is 1. The lowest BCUT2D eigenvalue weighted by Crippen LogP contribution is -2.36. The van der Waals surface area contributed by atoms with Gasteiger partial charge in [0.15, 0.2) is 0 Å². The highest BCUT2D eigenvalue weighted by atomic mass is 16.5. The van der Waals surface area contributed by atoms with E-state index in [1.165, 1.54) is 19.3 Å². The average molecular weight is 227 g/mol. The van der Waals surface area contributed by atoms with Crippen molar-refractivity contribution in [2.75, 3.05) is 40.5 Å². The van der Waals surface area contributed by atoms with Crippen LogP contribution in [0.25, 0.3) is 0 Å². The molecule has 2 aliphatic rings. The number of hydrogen-bond donors (Lipinski definition) is 0. The fourth-order valence-corrected chi connectivity index (χ4v) is 3.34. The summed E-state index contributed by atoms with van der Waals surface area (Å²) in [5, 5.41) is 0. The summed E-state index contributed by atoms with van der Waals surface area (Å²) in [6, 6.07) is 0. The predicted octanol–water partition coefficient (Wildman–Crippen LogP) is 0.908. The fraction of sp³-hybridized carbons (Fsp3) is 0.917. The van der Waals surface area contributed by atoms with Gasteiger partial charge in [0.2, 0.25) is 5.91 Å². The summed E-state index contributed by atoms with van der Waals surface area (Å²) >= 11 is 0. The standard InChI is InChI=1S/C12H21NO3/c1-15-7-11(14)13-6-10-4-3-5-12(10,8-13)9-16-2/h10H,3-9H2,1-2H3/t10-,12+/m1/s1. The van der Waals surface area contributed by atoms with E-state index in [2.05, 4.69) is 0 Å². The van der Waals surface area contributed by atoms with Gasteiger partial charge in [-0.3, -0.25) is 4.79 Å². The molecule has 1 saturated carbocycles. The van der Waals surface area contributed by atoms with Crippen LogP contribution in [0.4, 0.5) is 0 Å². The van der Waals surface area contributed by atoms with Crippen LogP contribution in [0.1, 0.15) is 19.3 Å². The number of hydrogen-bond acceptors (Lipinski definition) is 3. The lowest BCUT2D eigenvalue weighted by Gasteiger charge is -2.27. The largest absolute Gasteiger partial charge is 0.384 e. The smallest absolute Gasteiger partial charge is 0.248 e. The van der Waals surface area contributed by atoms with E-state index in [9.17, 15) is 4.79 Å². The van der Waals surface area contributed by atoms with Gasteiger partial charge in [-0.2, -0.15) is 0 Å². The normalized spacial score (nSPS) is 33.1. The average Bonchev–Trinajstić information content (AvgIpc) is 2.74. The fourth-order valence-electron chi connectivity index (χ4n) is 3.34. The molecule has 0 aromatic heterocycles. The van der Waals surface area contributed by atoms with Gasteiger partial charge in [0.1, 0.15) is 6.61 Å². The van der Waals surface area contributed by atoms with E-state index in [4.69, 9.17) is 9.47 Å². The Hall–Kier alpha value is -0.610. The number of ether oxygens (including phenoxy) is 2. The number of methoxy groups -OCH3 is 2. The Kier molecular flexibility index (Phi) is 3.50. The molecular weight excluding hydrogens is 206 g/mol. The van der Waals surface area contributed by atoms with Crippen LogP contribution in [0.3, 0.4) is 0 Å². The molecule has 4 heteroatoms. The van der Waals surface area contributed by atoms with Crippen molar-refractivity contribution in [2.45, 2.75) is 19.3 Å². The molecule has 92 valence electrons. The van der Waals surface area contributed by atoms with Crippen LogP contribution in [0.15, 0.2) is 0 Å². The first-order valence-corrected chi connectivity index (χ1v) is 5.97. The Bertz CT molecular complexity index is 269. The third-order valence-corrected chi connectivity index (χ3v) is 4.09. The molecule has 4 nitrogen and oxygen atoms in total. The van der Waals surface area contributed by atoms with E-state index in [-0.39, 0.29) is 17.9 Å². The minimum Gasteiger partial charge on any atom is -0.384 e. The molecule has 0 spiro atoms. The van der Waals surface area contributed by atoms with Crippen molar-refractivity contribution < 1.29 is 14.3 Å². The summed E-state index contributed by atoms with van der Waals surface area (Å²) in [5.74, 6) is 0.751. The van der Waals surface area contributed by atoms with Crippen molar-refractivity contribution in [1.29, 1.82) is 0 Å². The quantitative estimate of drug-likeness (QED) is 0.716. The summed E-state index contributed by atoms with van der Waals surface area (Å²) < 4.78 is 10.3. The Morgan fingerprint density at radius 2 is 2.25 bits per heavy atom. The molecule has 0 radical (unpaired) electrons. The van der Waals surface area contributed by atoms with E-state index >= 15 is 0 Å². The van der Waals surface area contributed by atoms with Crippen molar-refractivity contribution >= 4 is 5.91 Å². The Morgan fingerprint density at radius 1 is 1.44 bits per heavy atom. The second-order valence-electron chi connectivity index (χ2n) is 5.09. The van der Waals surface area contributed by atoms with Gasteiger partial charge in [0, 0.05) is 32.7 Å². The maximum atomic E-state index is 11.8. The zero-order chi connectivity index (χ0) is 11.6. The summed E-state index contributed by atoms with van der Waals surface area (Å²) in [6.07, 6.45) is 3.71. The highest BCUT2D eigenvalue weighted by Gasteiger charge is 2.50. The van der Waals surface area contributed by atoms with Gasteiger partial charge >= 0.3 is 0 Å². The van der Waals surface area contributed by atoms with Crippen LogP contribution in [-0.2, 0) is 14.3 Å². The van der Waals surface area contributed by atoms with Crippen LogP contribution in [0.5, 0.6) is 0 Å². The topological polar surface area (TPSA) is 38.8 Å². The molecule has 1 aliphatic carbocycles. The van der Waals surface area contributed by atoms with Gasteiger partial charge in [-0.05, 0) is 18.8 Å². The number of fused-ring (bicyclic) bond motifs is 1. The first-order chi connectivity index (χ1) is 7.72. The molecule has 0 unspecified atom stereocenters. The number of carbonyl (C=O) groups excluding carboxylic acids is 1. The van der Waals surface area contributed by atoms with Crippen LogP contribution in [-0.4, -0.2) is 51.3 Å². The molecule has 0 N–H and O–H groups in total. The van der Waals surface area contributed by atoms with Gasteiger partial charge in [0.25, 0.3) is 0 Å². The molecule has 1 amide bonds. The third kappa shape index (κ3) is 1.96. The van der Waals surface area contributed by atoms with E-state index < -0.39 is 0 Å². The minimum absolute atomic E-state index is 0.118. The molecule has 1 heterocycles. The first-order valence-electron chi connectivity index (χ1n) is 5.97. The molecular formula is C12H21NO3. The van der Waals surface area contributed by atoms with E-state index in [1.54, 1.807) is 14.2 Å². The summed E-state index contributed by atoms with van der Waals surface area (Å²) in [5.41, 5.74) is 0.234. The predicted molar refractivity (Wildman–Crippen MR) is 60.1 cm³/mol. The third-order valence-electron chi connectivity index (χ3n) is 4.09. The molecule has 0 aromatic rings. The zero-order valence-electron chi connectivity index (χ0n) is 10.2. The highest BCUT2D eigenvalue weighted by molar-refractivity contribution is 5.77. The summed E-state index contributed by atoms with van der Waals surface area (Å²) in [4.78, 5) is 13.7. The van der Waals surface area contributed by atoms with Crippen LogP contribution in [0.2, 0.25) is 0 Å². The molecule has 16 heavy (non-hydrogen) atoms. The van der Waals surface area contributed by atoms with Crippen LogP contribution < -0.4 is 0 Å². The lowest BCUT2D eigenvalue weighted by atomic mass is 9.82. The molecule has 0 aromatic carbocycles. The van der Waals surface area contributed by atoms with Crippen molar-refractivity contribution in [1.82, 2.24) is 4.90 Å². The monoisotopic (exact) mass is 227 g/mol. The Morgan fingerprint density at radius 3 is 2.94 bits per heavy atom. The number of nitrogens with zero attached hydrogens (tertiary/aromatic N) is 1. The van der Waals surface area contributed by atoms with Gasteiger partial charge in [-0.1, -0.05) is 6.42 Å². The molecule has 2 rings (SSSR count). The van der Waals surface area contributed by atoms with E-state index in [1.807, 2.05) is 4.90 Å². The van der Waals surface area contributed by atoms with Crippen LogP contribution >= 0.6 is 0 Å². The maximum Gasteiger partial charge on any atom is 0.248 e. The minimum atomic E-state index is 0.118. The second-order valence-corrected chi connectivity index (χ2v) is 5.09. The first kappa shape index (κ1) is 11.9. The second kappa shape index (κ2) is 4.72. The molecule has 1 aliphatic heterocycles. The molecule has 1 saturated heterocycles. The molecule has 0 bridgehead atoms. The van der Waals surface area contributed by atoms with Gasteiger partial charge < -0.3 is 14.4 Å². The number of rotatable bonds is 4. The highest BCUT2D eigenvalue weighted by Crippen LogP contribution is 2.48. The molecule has 2 atom stereocenters. The van der Waals surface area contributed by atoms with Crippen molar-refractivity contribution in [3.05, 3.63) is 0 Å². The Labute approximate surface area is 96.9 Å². The van der Waals surface area contributed by atoms with Crippen molar-refractivity contribution in [3.63, 3.8) is 0 Å². The maximum absolute atomic E-state index is 11.8. The number of amides is 1. The van der Waals surface area contributed by atoms with E-state index in [0.717, 1.165) is 19.7 Å². The van der Waals surface area contributed by atoms with Crippen molar-refractivity contribution in [3.8, 4) is 0 Å². The summed E-state index contributed by atoms with van der Waals surface area (Å²) in [7, 11) is 3.32. The number of carbonyl (C=O) groups is 1. The Balaban J connectivity index is 2.01. The van der Waals surface area contributed by atoms with Gasteiger partial charge in [-0.25, -0.2) is 0 Å².